The van der Waals surface area contributed by atoms with Crippen molar-refractivity contribution in [3.63, 3.8) is 0 Å². The summed E-state index contributed by atoms with van der Waals surface area (Å²) in [6.45, 7) is 5.90. The Balaban J connectivity index is 1.83. The number of aromatic nitrogens is 2. The molecule has 3 heteroatoms. The van der Waals surface area contributed by atoms with Gasteiger partial charge in [0, 0.05) is 31.4 Å². The molecule has 0 amide bonds. The first kappa shape index (κ1) is 13.6. The van der Waals surface area contributed by atoms with Crippen LogP contribution in [0.5, 0.6) is 0 Å². The summed E-state index contributed by atoms with van der Waals surface area (Å²) < 4.78 is 1.94. The summed E-state index contributed by atoms with van der Waals surface area (Å²) in [5, 5.41) is 7.84. The zero-order valence-electron chi connectivity index (χ0n) is 11.9. The standard InChI is InChI=1S/C16H21N3/c1-13-16(14(2)19(3)18-13)12-17-11-7-10-15-8-5-4-6-9-15/h4-10,17H,11-12H2,1-3H3/b10-7+. The van der Waals surface area contributed by atoms with E-state index in [1.165, 1.54) is 16.8 Å². The van der Waals surface area contributed by atoms with E-state index in [-0.39, 0.29) is 0 Å². The average Bonchev–Trinajstić information content (AvgIpc) is 2.65. The third kappa shape index (κ3) is 3.55. The van der Waals surface area contributed by atoms with Crippen LogP contribution in [0.25, 0.3) is 6.08 Å². The van der Waals surface area contributed by atoms with E-state index < -0.39 is 0 Å². The number of nitrogens with one attached hydrogen (secondary N) is 1. The lowest BCUT2D eigenvalue weighted by Crippen LogP contribution is -2.14. The molecule has 100 valence electrons. The van der Waals surface area contributed by atoms with E-state index >= 15 is 0 Å². The van der Waals surface area contributed by atoms with Gasteiger partial charge >= 0.3 is 0 Å². The van der Waals surface area contributed by atoms with E-state index in [1.54, 1.807) is 0 Å². The van der Waals surface area contributed by atoms with Gasteiger partial charge in [0.1, 0.15) is 0 Å². The Morgan fingerprint density at radius 1 is 1.21 bits per heavy atom. The normalized spacial score (nSPS) is 11.3. The van der Waals surface area contributed by atoms with E-state index in [2.05, 4.69) is 60.7 Å². The number of benzene rings is 1. The number of nitrogens with zero attached hydrogens (tertiary/aromatic N) is 2. The second-order valence-electron chi connectivity index (χ2n) is 4.72. The molecule has 0 aliphatic rings. The molecule has 1 heterocycles. The summed E-state index contributed by atoms with van der Waals surface area (Å²) >= 11 is 0. The smallest absolute Gasteiger partial charge is 0.0641 e. The molecule has 1 aromatic carbocycles. The van der Waals surface area contributed by atoms with E-state index in [0.29, 0.717) is 0 Å². The molecule has 19 heavy (non-hydrogen) atoms. The lowest BCUT2D eigenvalue weighted by atomic mass is 10.2. The van der Waals surface area contributed by atoms with Crippen LogP contribution in [0.2, 0.25) is 0 Å². The van der Waals surface area contributed by atoms with E-state index in [9.17, 15) is 0 Å². The van der Waals surface area contributed by atoms with Gasteiger partial charge in [0.15, 0.2) is 0 Å². The molecule has 1 N–H and O–H groups in total. The van der Waals surface area contributed by atoms with Gasteiger partial charge in [-0.3, -0.25) is 4.68 Å². The second-order valence-corrected chi connectivity index (χ2v) is 4.72. The highest BCUT2D eigenvalue weighted by Gasteiger charge is 2.07. The van der Waals surface area contributed by atoms with E-state index in [4.69, 9.17) is 0 Å². The molecule has 0 spiro atoms. The number of aryl methyl sites for hydroxylation is 2. The van der Waals surface area contributed by atoms with Crippen molar-refractivity contribution >= 4 is 6.08 Å². The molecule has 0 bridgehead atoms. The van der Waals surface area contributed by atoms with Crippen molar-refractivity contribution in [2.75, 3.05) is 6.54 Å². The lowest BCUT2D eigenvalue weighted by molar-refractivity contribution is 0.723. The van der Waals surface area contributed by atoms with E-state index in [0.717, 1.165) is 18.8 Å². The molecule has 2 aromatic rings. The van der Waals surface area contributed by atoms with Gasteiger partial charge in [0.05, 0.1) is 5.69 Å². The van der Waals surface area contributed by atoms with Crippen molar-refractivity contribution in [2.45, 2.75) is 20.4 Å². The van der Waals surface area contributed by atoms with Crippen LogP contribution < -0.4 is 5.32 Å². The maximum atomic E-state index is 4.42. The summed E-state index contributed by atoms with van der Waals surface area (Å²) in [6.07, 6.45) is 4.28. The molecule has 0 fully saturated rings. The van der Waals surface area contributed by atoms with Gasteiger partial charge in [-0.1, -0.05) is 42.5 Å². The molecule has 0 atom stereocenters. The molecule has 2 rings (SSSR count). The van der Waals surface area contributed by atoms with Gasteiger partial charge in [0.25, 0.3) is 0 Å². The van der Waals surface area contributed by atoms with Crippen LogP contribution in [0, 0.1) is 13.8 Å². The zero-order chi connectivity index (χ0) is 13.7. The minimum atomic E-state index is 0.864. The van der Waals surface area contributed by atoms with Crippen molar-refractivity contribution in [2.24, 2.45) is 7.05 Å². The maximum Gasteiger partial charge on any atom is 0.0641 e. The van der Waals surface area contributed by atoms with Crippen LogP contribution >= 0.6 is 0 Å². The predicted molar refractivity (Wildman–Crippen MR) is 79.9 cm³/mol. The summed E-state index contributed by atoms with van der Waals surface area (Å²) in [7, 11) is 1.99. The topological polar surface area (TPSA) is 29.9 Å². The quantitative estimate of drug-likeness (QED) is 0.833. The van der Waals surface area contributed by atoms with Crippen molar-refractivity contribution in [3.05, 3.63) is 58.9 Å². The lowest BCUT2D eigenvalue weighted by Gasteiger charge is -2.02. The Hall–Kier alpha value is -1.87. The SMILES string of the molecule is Cc1nn(C)c(C)c1CNC/C=C/c1ccccc1. The zero-order valence-corrected chi connectivity index (χ0v) is 11.9. The Bertz CT molecular complexity index is 553. The molecule has 0 unspecified atom stereocenters. The summed E-state index contributed by atoms with van der Waals surface area (Å²) in [6, 6.07) is 10.3. The molecule has 0 aliphatic carbocycles. The first-order chi connectivity index (χ1) is 9.18. The first-order valence-electron chi connectivity index (χ1n) is 6.60. The van der Waals surface area contributed by atoms with Gasteiger partial charge in [-0.25, -0.2) is 0 Å². The monoisotopic (exact) mass is 255 g/mol. The minimum absolute atomic E-state index is 0.864. The van der Waals surface area contributed by atoms with Crippen molar-refractivity contribution in [3.8, 4) is 0 Å². The average molecular weight is 255 g/mol. The van der Waals surface area contributed by atoms with Gasteiger partial charge in [-0.15, -0.1) is 0 Å². The number of rotatable bonds is 5. The van der Waals surface area contributed by atoms with Crippen LogP contribution in [-0.4, -0.2) is 16.3 Å². The van der Waals surface area contributed by atoms with Crippen LogP contribution in [0.15, 0.2) is 36.4 Å². The molecule has 0 aliphatic heterocycles. The maximum absolute atomic E-state index is 4.42. The van der Waals surface area contributed by atoms with Crippen molar-refractivity contribution < 1.29 is 0 Å². The fourth-order valence-electron chi connectivity index (χ4n) is 2.11. The number of hydrogen-bond donors (Lipinski definition) is 1. The molecule has 0 saturated heterocycles. The summed E-state index contributed by atoms with van der Waals surface area (Å²) in [5.74, 6) is 0. The van der Waals surface area contributed by atoms with Gasteiger partial charge in [0.2, 0.25) is 0 Å². The van der Waals surface area contributed by atoms with Gasteiger partial charge in [-0.2, -0.15) is 5.10 Å². The highest BCUT2D eigenvalue weighted by Crippen LogP contribution is 2.10. The Morgan fingerprint density at radius 2 is 1.95 bits per heavy atom. The minimum Gasteiger partial charge on any atom is -0.309 e. The third-order valence-corrected chi connectivity index (χ3v) is 3.33. The van der Waals surface area contributed by atoms with Crippen LogP contribution in [0.1, 0.15) is 22.5 Å². The van der Waals surface area contributed by atoms with Crippen LogP contribution in [0.4, 0.5) is 0 Å². The molecule has 1 aromatic heterocycles. The highest BCUT2D eigenvalue weighted by atomic mass is 15.3. The Morgan fingerprint density at radius 3 is 2.58 bits per heavy atom. The summed E-state index contributed by atoms with van der Waals surface area (Å²) in [4.78, 5) is 0. The largest absolute Gasteiger partial charge is 0.309 e. The summed E-state index contributed by atoms with van der Waals surface area (Å²) in [5.41, 5.74) is 4.88. The molecular weight excluding hydrogens is 234 g/mol. The van der Waals surface area contributed by atoms with Crippen molar-refractivity contribution in [1.82, 2.24) is 15.1 Å². The fourth-order valence-corrected chi connectivity index (χ4v) is 2.11. The molecular formula is C16H21N3. The Kier molecular flexibility index (Phi) is 4.53. The molecule has 0 radical (unpaired) electrons. The predicted octanol–water partition coefficient (Wildman–Crippen LogP) is 2.84. The second kappa shape index (κ2) is 6.34. The van der Waals surface area contributed by atoms with Crippen LogP contribution in [-0.2, 0) is 13.6 Å². The Labute approximate surface area is 115 Å². The molecule has 0 saturated carbocycles. The first-order valence-corrected chi connectivity index (χ1v) is 6.60. The highest BCUT2D eigenvalue weighted by molar-refractivity contribution is 5.48. The van der Waals surface area contributed by atoms with Gasteiger partial charge < -0.3 is 5.32 Å². The fraction of sp³-hybridized carbons (Fsp3) is 0.312. The molecule has 3 nitrogen and oxygen atoms in total. The number of hydrogen-bond acceptors (Lipinski definition) is 2. The third-order valence-electron chi connectivity index (χ3n) is 3.33. The van der Waals surface area contributed by atoms with E-state index in [1.807, 2.05) is 17.8 Å². The van der Waals surface area contributed by atoms with Crippen molar-refractivity contribution in [1.29, 1.82) is 0 Å². The van der Waals surface area contributed by atoms with Gasteiger partial charge in [-0.05, 0) is 19.4 Å². The van der Waals surface area contributed by atoms with Crippen LogP contribution in [0.3, 0.4) is 0 Å².